The van der Waals surface area contributed by atoms with Gasteiger partial charge in [0.1, 0.15) is 11.4 Å². The summed E-state index contributed by atoms with van der Waals surface area (Å²) in [7, 11) is -3.62. The highest BCUT2D eigenvalue weighted by molar-refractivity contribution is 7.88. The minimum absolute atomic E-state index is 0.0287. The second kappa shape index (κ2) is 8.57. The van der Waals surface area contributed by atoms with E-state index in [4.69, 9.17) is 16.3 Å². The van der Waals surface area contributed by atoms with E-state index in [-0.39, 0.29) is 25.0 Å². The third-order valence-corrected chi connectivity index (χ3v) is 6.62. The van der Waals surface area contributed by atoms with Gasteiger partial charge in [0.15, 0.2) is 0 Å². The molecule has 0 aliphatic carbocycles. The Kier molecular flexibility index (Phi) is 6.45. The fraction of sp³-hybridized carbons (Fsp3) is 0.409. The number of hydrogen-bond donors (Lipinski definition) is 1. The predicted octanol–water partition coefficient (Wildman–Crippen LogP) is 3.83. The van der Waals surface area contributed by atoms with E-state index in [0.717, 1.165) is 27.4 Å². The van der Waals surface area contributed by atoms with Crippen molar-refractivity contribution in [2.75, 3.05) is 12.8 Å². The Morgan fingerprint density at radius 2 is 1.97 bits per heavy atom. The largest absolute Gasteiger partial charge is 0.487 e. The fourth-order valence-corrected chi connectivity index (χ4v) is 4.53. The summed E-state index contributed by atoms with van der Waals surface area (Å²) in [6.45, 7) is 5.65. The maximum Gasteiger partial charge on any atom is 0.235 e. The minimum Gasteiger partial charge on any atom is -0.487 e. The fourth-order valence-electron chi connectivity index (χ4n) is 3.61. The number of aryl methyl sites for hydroxylation is 1. The van der Waals surface area contributed by atoms with Crippen molar-refractivity contribution in [2.24, 2.45) is 0 Å². The van der Waals surface area contributed by atoms with Gasteiger partial charge in [0.2, 0.25) is 15.9 Å². The summed E-state index contributed by atoms with van der Waals surface area (Å²) in [5.41, 5.74) is 2.16. The molecule has 0 saturated heterocycles. The van der Waals surface area contributed by atoms with Crippen LogP contribution >= 0.6 is 11.6 Å². The van der Waals surface area contributed by atoms with Crippen LogP contribution in [0, 0.1) is 6.92 Å². The van der Waals surface area contributed by atoms with Crippen LogP contribution < -0.4 is 10.1 Å². The van der Waals surface area contributed by atoms with Crippen molar-refractivity contribution in [3.63, 3.8) is 0 Å². The number of nitrogens with one attached hydrogen (secondary N) is 1. The molecule has 1 aliphatic rings. The number of sulfonamides is 1. The van der Waals surface area contributed by atoms with Crippen molar-refractivity contribution in [2.45, 2.75) is 45.4 Å². The van der Waals surface area contributed by atoms with Gasteiger partial charge in [0, 0.05) is 23.6 Å². The van der Waals surface area contributed by atoms with E-state index >= 15 is 0 Å². The third kappa shape index (κ3) is 5.53. The second-order valence-electron chi connectivity index (χ2n) is 8.35. The average molecular weight is 451 g/mol. The monoisotopic (exact) mass is 450 g/mol. The first kappa shape index (κ1) is 22.6. The van der Waals surface area contributed by atoms with E-state index in [0.29, 0.717) is 17.0 Å². The highest BCUT2D eigenvalue weighted by Crippen LogP contribution is 2.39. The zero-order valence-electron chi connectivity index (χ0n) is 17.6. The molecule has 0 spiro atoms. The summed E-state index contributed by atoms with van der Waals surface area (Å²) in [6.07, 6.45) is 1.67. The highest BCUT2D eigenvalue weighted by atomic mass is 35.5. The van der Waals surface area contributed by atoms with Crippen LogP contribution in [0.2, 0.25) is 5.02 Å². The second-order valence-corrected chi connectivity index (χ2v) is 10.7. The van der Waals surface area contributed by atoms with Gasteiger partial charge < -0.3 is 10.1 Å². The van der Waals surface area contributed by atoms with Gasteiger partial charge in [-0.15, -0.1) is 0 Å². The molecule has 0 bridgehead atoms. The number of halogens is 1. The lowest BCUT2D eigenvalue weighted by Crippen LogP contribution is -2.45. The number of amides is 1. The van der Waals surface area contributed by atoms with Crippen LogP contribution in [0.15, 0.2) is 42.5 Å². The molecule has 0 unspecified atom stereocenters. The topological polar surface area (TPSA) is 75.7 Å². The van der Waals surface area contributed by atoms with Crippen LogP contribution in [-0.2, 0) is 21.4 Å². The van der Waals surface area contributed by atoms with Crippen LogP contribution in [0.3, 0.4) is 0 Å². The molecule has 2 aromatic rings. The van der Waals surface area contributed by atoms with Gasteiger partial charge in [0.05, 0.1) is 18.8 Å². The van der Waals surface area contributed by atoms with Crippen molar-refractivity contribution < 1.29 is 17.9 Å². The smallest absolute Gasteiger partial charge is 0.235 e. The van der Waals surface area contributed by atoms with Gasteiger partial charge in [-0.05, 0) is 38.5 Å². The predicted molar refractivity (Wildman–Crippen MR) is 118 cm³/mol. The van der Waals surface area contributed by atoms with E-state index < -0.39 is 15.6 Å². The normalized spacial score (nSPS) is 17.9. The summed E-state index contributed by atoms with van der Waals surface area (Å²) in [4.78, 5) is 12.9. The Hall–Kier alpha value is -2.09. The van der Waals surface area contributed by atoms with E-state index in [9.17, 15) is 13.2 Å². The quantitative estimate of drug-likeness (QED) is 0.725. The number of benzene rings is 2. The number of nitrogens with zero attached hydrogens (tertiary/aromatic N) is 1. The number of fused-ring (bicyclic) bond motifs is 1. The molecule has 162 valence electrons. The van der Waals surface area contributed by atoms with Gasteiger partial charge in [-0.3, -0.25) is 4.79 Å². The number of carbonyl (C=O) groups is 1. The van der Waals surface area contributed by atoms with Crippen molar-refractivity contribution in [1.82, 2.24) is 9.62 Å². The number of ether oxygens (including phenoxy) is 1. The molecule has 1 atom stereocenters. The van der Waals surface area contributed by atoms with Crippen LogP contribution in [0.25, 0.3) is 0 Å². The van der Waals surface area contributed by atoms with Gasteiger partial charge >= 0.3 is 0 Å². The first-order chi connectivity index (χ1) is 13.9. The summed E-state index contributed by atoms with van der Waals surface area (Å²) in [5, 5.41) is 3.46. The molecule has 0 aromatic heterocycles. The summed E-state index contributed by atoms with van der Waals surface area (Å²) < 4.78 is 31.8. The van der Waals surface area contributed by atoms with Crippen LogP contribution in [0.4, 0.5) is 0 Å². The van der Waals surface area contributed by atoms with Crippen molar-refractivity contribution in [1.29, 1.82) is 0 Å². The molecule has 1 amide bonds. The van der Waals surface area contributed by atoms with Crippen molar-refractivity contribution in [3.05, 3.63) is 64.2 Å². The zero-order chi connectivity index (χ0) is 22.1. The standard InChI is InChI=1S/C22H27ClN2O4S/c1-15-9-10-20-17(11-15)19(12-22(2,3)29-20)24-21(26)14-25(30(4,27)28)13-16-7-5-6-8-18(16)23/h5-11,19H,12-14H2,1-4H3,(H,24,26)/t19-/m1/s1. The number of hydrogen-bond acceptors (Lipinski definition) is 4. The minimum atomic E-state index is -3.62. The summed E-state index contributed by atoms with van der Waals surface area (Å²) in [6, 6.07) is 12.6. The first-order valence-electron chi connectivity index (χ1n) is 9.72. The molecule has 3 rings (SSSR count). The molecule has 1 N–H and O–H groups in total. The molecular weight excluding hydrogens is 424 g/mol. The zero-order valence-corrected chi connectivity index (χ0v) is 19.2. The van der Waals surface area contributed by atoms with E-state index in [1.54, 1.807) is 24.3 Å². The first-order valence-corrected chi connectivity index (χ1v) is 11.9. The molecule has 1 heterocycles. The molecule has 0 saturated carbocycles. The molecular formula is C22H27ClN2O4S. The van der Waals surface area contributed by atoms with Crippen LogP contribution in [-0.4, -0.2) is 37.0 Å². The lowest BCUT2D eigenvalue weighted by atomic mass is 9.89. The summed E-state index contributed by atoms with van der Waals surface area (Å²) in [5.74, 6) is 0.362. The SMILES string of the molecule is Cc1ccc2c(c1)[C@H](NC(=O)CN(Cc1ccccc1Cl)S(C)(=O)=O)CC(C)(C)O2. The molecule has 8 heteroatoms. The Labute approximate surface area is 183 Å². The maximum absolute atomic E-state index is 12.9. The Balaban J connectivity index is 1.79. The number of carbonyl (C=O) groups excluding carboxylic acids is 1. The van der Waals surface area contributed by atoms with Crippen molar-refractivity contribution in [3.8, 4) is 5.75 Å². The van der Waals surface area contributed by atoms with Crippen LogP contribution in [0.1, 0.15) is 43.0 Å². The van der Waals surface area contributed by atoms with E-state index in [1.807, 2.05) is 39.0 Å². The molecule has 0 radical (unpaired) electrons. The lowest BCUT2D eigenvalue weighted by Gasteiger charge is -2.38. The van der Waals surface area contributed by atoms with Gasteiger partial charge in [-0.25, -0.2) is 8.42 Å². The van der Waals surface area contributed by atoms with Gasteiger partial charge in [-0.1, -0.05) is 47.5 Å². The van der Waals surface area contributed by atoms with E-state index in [1.165, 1.54) is 0 Å². The van der Waals surface area contributed by atoms with E-state index in [2.05, 4.69) is 5.32 Å². The van der Waals surface area contributed by atoms with Crippen LogP contribution in [0.5, 0.6) is 5.75 Å². The average Bonchev–Trinajstić information content (AvgIpc) is 2.62. The van der Waals surface area contributed by atoms with Gasteiger partial charge in [-0.2, -0.15) is 4.31 Å². The van der Waals surface area contributed by atoms with Gasteiger partial charge in [0.25, 0.3) is 0 Å². The maximum atomic E-state index is 12.9. The Morgan fingerprint density at radius 1 is 1.27 bits per heavy atom. The molecule has 0 fully saturated rings. The molecule has 30 heavy (non-hydrogen) atoms. The Bertz CT molecular complexity index is 1050. The summed E-state index contributed by atoms with van der Waals surface area (Å²) >= 11 is 6.18. The van der Waals surface area contributed by atoms with Crippen molar-refractivity contribution >= 4 is 27.5 Å². The number of rotatable bonds is 6. The lowest BCUT2D eigenvalue weighted by molar-refractivity contribution is -0.122. The molecule has 2 aromatic carbocycles. The highest BCUT2D eigenvalue weighted by Gasteiger charge is 2.35. The molecule has 6 nitrogen and oxygen atoms in total. The molecule has 1 aliphatic heterocycles. The Morgan fingerprint density at radius 3 is 2.63 bits per heavy atom. The third-order valence-electron chi connectivity index (χ3n) is 5.05.